The Morgan fingerprint density at radius 2 is 2.08 bits per heavy atom. The molecule has 5 rings (SSSR count). The minimum Gasteiger partial charge on any atom is -0.384 e. The summed E-state index contributed by atoms with van der Waals surface area (Å²) in [5, 5.41) is 11.8. The molecule has 26 heavy (non-hydrogen) atoms. The van der Waals surface area contributed by atoms with E-state index in [9.17, 15) is 9.50 Å². The van der Waals surface area contributed by atoms with Crippen LogP contribution in [0.4, 0.5) is 4.39 Å². The Balaban J connectivity index is 1.53. The Bertz CT molecular complexity index is 1040. The van der Waals surface area contributed by atoms with Gasteiger partial charge in [0.1, 0.15) is 18.3 Å². The number of H-pyrrole nitrogens is 1. The second-order valence-electron chi connectivity index (χ2n) is 7.58. The van der Waals surface area contributed by atoms with E-state index in [0.717, 1.165) is 36.0 Å². The number of nitrogens with zero attached hydrogens (tertiary/aromatic N) is 2. The van der Waals surface area contributed by atoms with Gasteiger partial charge in [0.15, 0.2) is 17.6 Å². The third kappa shape index (κ3) is 2.23. The fourth-order valence-electron chi connectivity index (χ4n) is 4.65. The molecule has 2 aliphatic heterocycles. The van der Waals surface area contributed by atoms with Crippen LogP contribution in [0.25, 0.3) is 22.2 Å². The quantitative estimate of drug-likeness (QED) is 0.694. The van der Waals surface area contributed by atoms with E-state index in [1.165, 1.54) is 11.9 Å². The highest BCUT2D eigenvalue weighted by atomic mass is 19.1. The lowest BCUT2D eigenvalue weighted by atomic mass is 9.82. The number of hydrogen-bond acceptors (Lipinski definition) is 2. The van der Waals surface area contributed by atoms with E-state index in [1.807, 2.05) is 30.3 Å². The van der Waals surface area contributed by atoms with Gasteiger partial charge in [-0.1, -0.05) is 24.3 Å². The largest absolute Gasteiger partial charge is 0.384 e. The molecule has 2 bridgehead atoms. The van der Waals surface area contributed by atoms with Crippen LogP contribution >= 0.6 is 0 Å². The summed E-state index contributed by atoms with van der Waals surface area (Å²) in [6.07, 6.45) is 6.70. The summed E-state index contributed by atoms with van der Waals surface area (Å²) < 4.78 is 16.5. The highest BCUT2D eigenvalue weighted by Gasteiger charge is 2.47. The van der Waals surface area contributed by atoms with E-state index in [0.29, 0.717) is 23.5 Å². The van der Waals surface area contributed by atoms with Gasteiger partial charge in [-0.15, -0.1) is 0 Å². The third-order valence-corrected chi connectivity index (χ3v) is 6.14. The summed E-state index contributed by atoms with van der Waals surface area (Å²) in [6, 6.07) is 10.2. The standard InChI is InChI=1S/C21H21FN3O/c1-25-15-6-7-16(25)11-21(26,10-15)14-4-2-13(3-5-14)17-8-9-23-20-19(17)18(22)12-24-20/h2-5,8-9,12,15,26H,6-7,10-11H2,1H3,(H,23,24)/q+1/t15-,21?/m0/s1. The van der Waals surface area contributed by atoms with Crippen molar-refractivity contribution in [2.24, 2.45) is 0 Å². The van der Waals surface area contributed by atoms with Crippen molar-refractivity contribution < 1.29 is 14.1 Å². The molecule has 0 saturated carbocycles. The zero-order chi connectivity index (χ0) is 17.9. The van der Waals surface area contributed by atoms with Crippen LogP contribution in [0.15, 0.2) is 42.7 Å². The van der Waals surface area contributed by atoms with Gasteiger partial charge in [-0.2, -0.15) is 0 Å². The van der Waals surface area contributed by atoms with Crippen LogP contribution in [-0.2, 0) is 5.60 Å². The van der Waals surface area contributed by atoms with Crippen molar-refractivity contribution in [1.82, 2.24) is 9.97 Å². The molecule has 4 heterocycles. The Hall–Kier alpha value is -2.53. The monoisotopic (exact) mass is 350 g/mol. The van der Waals surface area contributed by atoms with Crippen molar-refractivity contribution in [2.45, 2.75) is 37.3 Å². The summed E-state index contributed by atoms with van der Waals surface area (Å²) in [6.45, 7) is 0. The number of aromatic amines is 1. The highest BCUT2D eigenvalue weighted by Crippen LogP contribution is 2.40. The van der Waals surface area contributed by atoms with Crippen molar-refractivity contribution in [2.75, 3.05) is 7.05 Å². The molecule has 5 heteroatoms. The summed E-state index contributed by atoms with van der Waals surface area (Å²) in [5.41, 5.74) is 3.77. The summed E-state index contributed by atoms with van der Waals surface area (Å²) in [5.74, 6) is -0.297. The van der Waals surface area contributed by atoms with Gasteiger partial charge in [-0.05, 0) is 22.8 Å². The van der Waals surface area contributed by atoms with Crippen LogP contribution in [0.5, 0.6) is 0 Å². The van der Waals surface area contributed by atoms with Crippen LogP contribution in [0.3, 0.4) is 0 Å². The summed E-state index contributed by atoms with van der Waals surface area (Å²) in [4.78, 5) is 7.03. The van der Waals surface area contributed by atoms with Crippen LogP contribution in [0.1, 0.15) is 31.2 Å². The van der Waals surface area contributed by atoms with Crippen molar-refractivity contribution in [3.63, 3.8) is 0 Å². The van der Waals surface area contributed by atoms with Gasteiger partial charge >= 0.3 is 0 Å². The zero-order valence-electron chi connectivity index (χ0n) is 14.7. The molecule has 132 valence electrons. The molecule has 1 aromatic carbocycles. The van der Waals surface area contributed by atoms with E-state index >= 15 is 0 Å². The maximum Gasteiger partial charge on any atom is 0.156 e. The Morgan fingerprint density at radius 3 is 2.85 bits per heavy atom. The lowest BCUT2D eigenvalue weighted by molar-refractivity contribution is -0.541. The highest BCUT2D eigenvalue weighted by molar-refractivity contribution is 5.93. The molecule has 0 fully saturated rings. The normalized spacial score (nSPS) is 25.3. The van der Waals surface area contributed by atoms with E-state index in [2.05, 4.69) is 21.6 Å². The minimum atomic E-state index is -0.797. The number of hydrogen-bond donors (Lipinski definition) is 2. The molecule has 2 N–H and O–H groups in total. The van der Waals surface area contributed by atoms with Gasteiger partial charge in [-0.3, -0.25) is 0 Å². The predicted octanol–water partition coefficient (Wildman–Crippen LogP) is 3.60. The smallest absolute Gasteiger partial charge is 0.156 e. The number of benzene rings is 1. The molecule has 1 unspecified atom stereocenters. The van der Waals surface area contributed by atoms with Crippen molar-refractivity contribution >= 4 is 16.7 Å². The van der Waals surface area contributed by atoms with E-state index in [-0.39, 0.29) is 5.82 Å². The predicted molar refractivity (Wildman–Crippen MR) is 98.8 cm³/mol. The van der Waals surface area contributed by atoms with Crippen molar-refractivity contribution in [3.8, 4) is 11.1 Å². The number of halogens is 1. The average Bonchev–Trinajstić information content (AvgIpc) is 3.12. The van der Waals surface area contributed by atoms with Gasteiger partial charge in [-0.25, -0.2) is 13.9 Å². The Labute approximate surface area is 151 Å². The number of aliphatic hydroxyl groups is 1. The van der Waals surface area contributed by atoms with Crippen molar-refractivity contribution in [3.05, 3.63) is 54.1 Å². The summed E-state index contributed by atoms with van der Waals surface area (Å²) >= 11 is 0. The molecule has 4 nitrogen and oxygen atoms in total. The lowest BCUT2D eigenvalue weighted by Gasteiger charge is -2.31. The molecular weight excluding hydrogens is 329 g/mol. The van der Waals surface area contributed by atoms with Crippen LogP contribution in [0.2, 0.25) is 0 Å². The Morgan fingerprint density at radius 1 is 1.27 bits per heavy atom. The van der Waals surface area contributed by atoms with Crippen LogP contribution < -0.4 is 0 Å². The number of rotatable bonds is 2. The first-order chi connectivity index (χ1) is 12.5. The second-order valence-corrected chi connectivity index (χ2v) is 7.58. The molecule has 0 aliphatic carbocycles. The maximum absolute atomic E-state index is 14.1. The first-order valence-electron chi connectivity index (χ1n) is 9.07. The van der Waals surface area contributed by atoms with E-state index in [1.54, 1.807) is 6.20 Å². The first-order valence-corrected chi connectivity index (χ1v) is 9.07. The fraction of sp³-hybridized carbons (Fsp3) is 0.333. The first kappa shape index (κ1) is 15.7. The SMILES string of the molecule is C[N+]1=C2CC[C@H]1CC(O)(c1ccc(-c3ccnc4[nH]cc(F)c34)cc1)C2. The average molecular weight is 350 g/mol. The van der Waals surface area contributed by atoms with E-state index in [4.69, 9.17) is 0 Å². The molecule has 0 spiro atoms. The van der Waals surface area contributed by atoms with Gasteiger partial charge in [0, 0.05) is 31.7 Å². The van der Waals surface area contributed by atoms with Crippen molar-refractivity contribution in [1.29, 1.82) is 0 Å². The zero-order valence-corrected chi connectivity index (χ0v) is 14.7. The molecule has 2 aromatic heterocycles. The van der Waals surface area contributed by atoms with Gasteiger partial charge in [0.05, 0.1) is 11.8 Å². The second kappa shape index (κ2) is 5.48. The number of nitrogens with one attached hydrogen (secondary N) is 1. The molecule has 0 amide bonds. The van der Waals surface area contributed by atoms with Gasteiger partial charge < -0.3 is 10.1 Å². The van der Waals surface area contributed by atoms with E-state index < -0.39 is 5.60 Å². The van der Waals surface area contributed by atoms with Crippen LogP contribution in [0, 0.1) is 5.82 Å². The number of pyridine rings is 1. The molecule has 0 radical (unpaired) electrons. The van der Waals surface area contributed by atoms with Gasteiger partial charge in [0.2, 0.25) is 0 Å². The third-order valence-electron chi connectivity index (χ3n) is 6.14. The topological polar surface area (TPSA) is 51.9 Å². The minimum absolute atomic E-state index is 0.297. The molecule has 2 aliphatic rings. The number of fused-ring (bicyclic) bond motifs is 2. The molecular formula is C21H21FN3O+. The fourth-order valence-corrected chi connectivity index (χ4v) is 4.65. The molecule has 2 atom stereocenters. The maximum atomic E-state index is 14.1. The van der Waals surface area contributed by atoms with Crippen LogP contribution in [-0.4, -0.2) is 38.5 Å². The molecule has 3 aromatic rings. The Kier molecular flexibility index (Phi) is 3.31. The summed E-state index contributed by atoms with van der Waals surface area (Å²) in [7, 11) is 2.13. The van der Waals surface area contributed by atoms with Gasteiger partial charge in [0.25, 0.3) is 0 Å². The number of aromatic nitrogens is 2. The molecule has 0 saturated heterocycles. The lowest BCUT2D eigenvalue weighted by Crippen LogP contribution is -2.40.